The zero-order valence-corrected chi connectivity index (χ0v) is 11.0. The van der Waals surface area contributed by atoms with Crippen LogP contribution in [0.2, 0.25) is 0 Å². The molecule has 0 aliphatic heterocycles. The van der Waals surface area contributed by atoms with Gasteiger partial charge >= 0.3 is 6.03 Å². The number of hydrogen-bond donors (Lipinski definition) is 4. The van der Waals surface area contributed by atoms with E-state index in [2.05, 4.69) is 16.0 Å². The van der Waals surface area contributed by atoms with E-state index >= 15 is 0 Å². The molecule has 3 atom stereocenters. The van der Waals surface area contributed by atoms with Crippen molar-refractivity contribution in [3.05, 3.63) is 0 Å². The van der Waals surface area contributed by atoms with Crippen molar-refractivity contribution in [2.24, 2.45) is 5.92 Å². The molecule has 0 heterocycles. The second kappa shape index (κ2) is 7.33. The van der Waals surface area contributed by atoms with Crippen molar-refractivity contribution < 1.29 is 14.7 Å². The average molecular weight is 257 g/mol. The largest absolute Gasteiger partial charge is 0.393 e. The summed E-state index contributed by atoms with van der Waals surface area (Å²) in [5.74, 6) is 0.0826. The molecule has 18 heavy (non-hydrogen) atoms. The Bertz CT molecular complexity index is 296. The van der Waals surface area contributed by atoms with Crippen LogP contribution in [0.4, 0.5) is 4.79 Å². The monoisotopic (exact) mass is 257 g/mol. The predicted molar refractivity (Wildman–Crippen MR) is 68.0 cm³/mol. The summed E-state index contributed by atoms with van der Waals surface area (Å²) in [6.45, 7) is 4.69. The molecule has 0 radical (unpaired) electrons. The maximum absolute atomic E-state index is 11.6. The van der Waals surface area contributed by atoms with Gasteiger partial charge in [0.15, 0.2) is 0 Å². The number of aliphatic hydroxyl groups excluding tert-OH is 1. The molecule has 104 valence electrons. The third kappa shape index (κ3) is 5.01. The number of imide groups is 1. The van der Waals surface area contributed by atoms with Crippen LogP contribution in [0.25, 0.3) is 0 Å². The van der Waals surface area contributed by atoms with Gasteiger partial charge in [0.2, 0.25) is 5.91 Å². The molecule has 0 aromatic rings. The van der Waals surface area contributed by atoms with Gasteiger partial charge in [-0.15, -0.1) is 0 Å². The Morgan fingerprint density at radius 3 is 2.67 bits per heavy atom. The van der Waals surface area contributed by atoms with Gasteiger partial charge in [-0.25, -0.2) is 4.79 Å². The van der Waals surface area contributed by atoms with Gasteiger partial charge < -0.3 is 15.7 Å². The van der Waals surface area contributed by atoms with Gasteiger partial charge in [0, 0.05) is 6.54 Å². The van der Waals surface area contributed by atoms with Crippen LogP contribution < -0.4 is 16.0 Å². The summed E-state index contributed by atoms with van der Waals surface area (Å²) in [6.07, 6.45) is 2.42. The van der Waals surface area contributed by atoms with Crippen molar-refractivity contribution in [3.63, 3.8) is 0 Å². The van der Waals surface area contributed by atoms with Crippen molar-refractivity contribution >= 4 is 11.9 Å². The lowest BCUT2D eigenvalue weighted by molar-refractivity contribution is -0.121. The van der Waals surface area contributed by atoms with E-state index in [4.69, 9.17) is 0 Å². The quantitative estimate of drug-likeness (QED) is 0.557. The Kier molecular flexibility index (Phi) is 6.07. The Labute approximate surface area is 108 Å². The third-order valence-corrected chi connectivity index (χ3v) is 3.19. The van der Waals surface area contributed by atoms with Crippen molar-refractivity contribution in [2.45, 2.75) is 45.3 Å². The van der Waals surface area contributed by atoms with Crippen molar-refractivity contribution in [3.8, 4) is 0 Å². The van der Waals surface area contributed by atoms with E-state index < -0.39 is 12.1 Å². The molecule has 1 aliphatic rings. The molecule has 1 fully saturated rings. The number of rotatable bonds is 5. The van der Waals surface area contributed by atoms with Gasteiger partial charge in [0.25, 0.3) is 0 Å². The fourth-order valence-electron chi connectivity index (χ4n) is 2.10. The molecular formula is C12H23N3O3. The van der Waals surface area contributed by atoms with Crippen LogP contribution in [0.1, 0.15) is 33.1 Å². The number of nitrogens with one attached hydrogen (secondary N) is 3. The second-order valence-electron chi connectivity index (χ2n) is 4.81. The molecule has 0 bridgehead atoms. The van der Waals surface area contributed by atoms with E-state index in [1.54, 1.807) is 13.8 Å². The van der Waals surface area contributed by atoms with Gasteiger partial charge in [0.1, 0.15) is 0 Å². The Hall–Kier alpha value is -1.14. The normalized spacial score (nSPS) is 24.6. The molecule has 0 spiro atoms. The molecule has 6 nitrogen and oxygen atoms in total. The number of amides is 3. The first-order valence-corrected chi connectivity index (χ1v) is 6.53. The van der Waals surface area contributed by atoms with Crippen molar-refractivity contribution in [1.29, 1.82) is 0 Å². The second-order valence-corrected chi connectivity index (χ2v) is 4.81. The summed E-state index contributed by atoms with van der Waals surface area (Å²) in [6, 6.07) is -0.877. The van der Waals surface area contributed by atoms with Crippen LogP contribution in [-0.2, 0) is 4.79 Å². The summed E-state index contributed by atoms with van der Waals surface area (Å²) in [5.41, 5.74) is 0. The van der Waals surface area contributed by atoms with Crippen LogP contribution in [0.15, 0.2) is 0 Å². The van der Waals surface area contributed by atoms with Crippen LogP contribution >= 0.6 is 0 Å². The standard InChI is InChI=1S/C12H23N3O3/c1-3-13-12(18)15-11(17)8(2)14-7-9-4-5-10(16)6-9/h8-10,14,16H,3-7H2,1-2H3,(H2,13,15,17,18). The molecule has 0 aromatic heterocycles. The minimum absolute atomic E-state index is 0.198. The summed E-state index contributed by atoms with van der Waals surface area (Å²) < 4.78 is 0. The van der Waals surface area contributed by atoms with Crippen LogP contribution in [0, 0.1) is 5.92 Å². The zero-order valence-electron chi connectivity index (χ0n) is 11.0. The van der Waals surface area contributed by atoms with E-state index in [1.807, 2.05) is 0 Å². The van der Waals surface area contributed by atoms with E-state index in [-0.39, 0.29) is 12.0 Å². The molecule has 4 N–H and O–H groups in total. The van der Waals surface area contributed by atoms with Gasteiger partial charge in [-0.05, 0) is 45.6 Å². The maximum atomic E-state index is 11.6. The van der Waals surface area contributed by atoms with Crippen LogP contribution in [0.3, 0.4) is 0 Å². The molecular weight excluding hydrogens is 234 g/mol. The van der Waals surface area contributed by atoms with Gasteiger partial charge in [-0.3, -0.25) is 10.1 Å². The molecule has 6 heteroatoms. The first-order chi connectivity index (χ1) is 8.52. The summed E-state index contributed by atoms with van der Waals surface area (Å²) in [4.78, 5) is 22.8. The molecule has 0 saturated heterocycles. The fourth-order valence-corrected chi connectivity index (χ4v) is 2.10. The maximum Gasteiger partial charge on any atom is 0.321 e. The molecule has 3 amide bonds. The number of carbonyl (C=O) groups excluding carboxylic acids is 2. The highest BCUT2D eigenvalue weighted by molar-refractivity contribution is 5.96. The molecule has 1 rings (SSSR count). The third-order valence-electron chi connectivity index (χ3n) is 3.19. The number of carbonyl (C=O) groups is 2. The van der Waals surface area contributed by atoms with Crippen LogP contribution in [0.5, 0.6) is 0 Å². The smallest absolute Gasteiger partial charge is 0.321 e. The van der Waals surface area contributed by atoms with Crippen molar-refractivity contribution in [1.82, 2.24) is 16.0 Å². The summed E-state index contributed by atoms with van der Waals surface area (Å²) in [5, 5.41) is 17.2. The van der Waals surface area contributed by atoms with Gasteiger partial charge in [-0.2, -0.15) is 0 Å². The molecule has 1 aliphatic carbocycles. The minimum atomic E-state index is -0.465. The number of aliphatic hydroxyl groups is 1. The minimum Gasteiger partial charge on any atom is -0.393 e. The highest BCUT2D eigenvalue weighted by atomic mass is 16.3. The molecule has 0 aromatic carbocycles. The Balaban J connectivity index is 2.21. The van der Waals surface area contributed by atoms with Gasteiger partial charge in [0.05, 0.1) is 12.1 Å². The summed E-state index contributed by atoms with van der Waals surface area (Å²) in [7, 11) is 0. The lowest BCUT2D eigenvalue weighted by Gasteiger charge is -2.16. The average Bonchev–Trinajstić information content (AvgIpc) is 2.72. The predicted octanol–water partition coefficient (Wildman–Crippen LogP) is -0.0288. The van der Waals surface area contributed by atoms with E-state index in [0.717, 1.165) is 19.3 Å². The molecule has 3 unspecified atom stereocenters. The van der Waals surface area contributed by atoms with E-state index in [9.17, 15) is 14.7 Å². The van der Waals surface area contributed by atoms with E-state index in [0.29, 0.717) is 19.0 Å². The topological polar surface area (TPSA) is 90.5 Å². The van der Waals surface area contributed by atoms with Gasteiger partial charge in [-0.1, -0.05) is 0 Å². The number of hydrogen-bond acceptors (Lipinski definition) is 4. The Morgan fingerprint density at radius 2 is 2.11 bits per heavy atom. The number of urea groups is 1. The highest BCUT2D eigenvalue weighted by Gasteiger charge is 2.24. The SMILES string of the molecule is CCNC(=O)NC(=O)C(C)NCC1CCC(O)C1. The zero-order chi connectivity index (χ0) is 13.5. The lowest BCUT2D eigenvalue weighted by Crippen LogP contribution is -2.48. The van der Waals surface area contributed by atoms with Crippen LogP contribution in [-0.4, -0.2) is 42.3 Å². The lowest BCUT2D eigenvalue weighted by atomic mass is 10.1. The molecule has 1 saturated carbocycles. The first kappa shape index (κ1) is 14.9. The Morgan fingerprint density at radius 1 is 1.39 bits per heavy atom. The highest BCUT2D eigenvalue weighted by Crippen LogP contribution is 2.24. The first-order valence-electron chi connectivity index (χ1n) is 6.53. The summed E-state index contributed by atoms with van der Waals surface area (Å²) >= 11 is 0. The van der Waals surface area contributed by atoms with E-state index in [1.165, 1.54) is 0 Å². The van der Waals surface area contributed by atoms with Crippen molar-refractivity contribution in [2.75, 3.05) is 13.1 Å². The fraction of sp³-hybridized carbons (Fsp3) is 0.833.